The van der Waals surface area contributed by atoms with Gasteiger partial charge in [-0.05, 0) is 43.7 Å². The topological polar surface area (TPSA) is 88.1 Å². The predicted molar refractivity (Wildman–Crippen MR) is 104 cm³/mol. The summed E-state index contributed by atoms with van der Waals surface area (Å²) >= 11 is 1.49. The third-order valence-electron chi connectivity index (χ3n) is 4.36. The maximum atomic E-state index is 12.4. The molecule has 1 saturated heterocycles. The number of carbonyl (C=O) groups excluding carboxylic acids is 2. The Labute approximate surface area is 161 Å². The zero-order chi connectivity index (χ0) is 17.2. The summed E-state index contributed by atoms with van der Waals surface area (Å²) in [6.07, 6.45) is 4.04. The standard InChI is InChI=1S/C17H19N5O2S.ClH/c23-16-10-25-15-4-3-11(8-14(15)20-16)19-17(24)13-5-7-22(21-13)12-2-1-6-18-9-12;/h3-5,7-8,12,18H,1-2,6,9-10H2,(H,19,24)(H,20,23);1H. The largest absolute Gasteiger partial charge is 0.324 e. The predicted octanol–water partition coefficient (Wildman–Crippen LogP) is 2.53. The molecule has 1 atom stereocenters. The van der Waals surface area contributed by atoms with Crippen LogP contribution in [0.15, 0.2) is 35.4 Å². The number of hydrogen-bond acceptors (Lipinski definition) is 5. The van der Waals surface area contributed by atoms with E-state index in [1.165, 1.54) is 11.8 Å². The van der Waals surface area contributed by atoms with Crippen molar-refractivity contribution in [2.45, 2.75) is 23.8 Å². The molecule has 9 heteroatoms. The van der Waals surface area contributed by atoms with E-state index in [4.69, 9.17) is 0 Å². The summed E-state index contributed by atoms with van der Waals surface area (Å²) in [4.78, 5) is 25.0. The number of halogens is 1. The summed E-state index contributed by atoms with van der Waals surface area (Å²) in [6.45, 7) is 1.92. The summed E-state index contributed by atoms with van der Waals surface area (Å²) in [5, 5.41) is 13.4. The number of thioether (sulfide) groups is 1. The van der Waals surface area contributed by atoms with E-state index in [9.17, 15) is 9.59 Å². The van der Waals surface area contributed by atoms with Crippen LogP contribution in [0, 0.1) is 0 Å². The quantitative estimate of drug-likeness (QED) is 0.745. The smallest absolute Gasteiger partial charge is 0.276 e. The van der Waals surface area contributed by atoms with Gasteiger partial charge in [0.05, 0.1) is 17.5 Å². The summed E-state index contributed by atoms with van der Waals surface area (Å²) in [6, 6.07) is 7.55. The van der Waals surface area contributed by atoms with E-state index in [1.54, 1.807) is 12.1 Å². The minimum Gasteiger partial charge on any atom is -0.324 e. The number of fused-ring (bicyclic) bond motifs is 1. The van der Waals surface area contributed by atoms with E-state index in [0.717, 1.165) is 36.5 Å². The Kier molecular flexibility index (Phi) is 5.85. The summed E-state index contributed by atoms with van der Waals surface area (Å²) in [5.74, 6) is 0.143. The maximum Gasteiger partial charge on any atom is 0.276 e. The van der Waals surface area contributed by atoms with E-state index in [0.29, 0.717) is 23.2 Å². The van der Waals surface area contributed by atoms with E-state index in [-0.39, 0.29) is 24.2 Å². The van der Waals surface area contributed by atoms with Crippen LogP contribution in [0.4, 0.5) is 11.4 Å². The average molecular weight is 394 g/mol. The van der Waals surface area contributed by atoms with Crippen molar-refractivity contribution >= 4 is 47.4 Å². The number of piperidine rings is 1. The number of amides is 2. The van der Waals surface area contributed by atoms with Gasteiger partial charge < -0.3 is 16.0 Å². The molecule has 0 spiro atoms. The number of nitrogens with one attached hydrogen (secondary N) is 3. The van der Waals surface area contributed by atoms with Gasteiger partial charge in [0.15, 0.2) is 5.69 Å². The Morgan fingerprint density at radius 1 is 1.35 bits per heavy atom. The van der Waals surface area contributed by atoms with Crippen molar-refractivity contribution in [1.82, 2.24) is 15.1 Å². The molecular weight excluding hydrogens is 374 g/mol. The molecule has 2 aromatic rings. The fourth-order valence-electron chi connectivity index (χ4n) is 3.08. The zero-order valence-electron chi connectivity index (χ0n) is 14.0. The number of benzene rings is 1. The monoisotopic (exact) mass is 393 g/mol. The minimum absolute atomic E-state index is 0. The van der Waals surface area contributed by atoms with Gasteiger partial charge in [0, 0.05) is 23.3 Å². The van der Waals surface area contributed by atoms with Crippen molar-refractivity contribution in [3.05, 3.63) is 36.2 Å². The number of anilines is 2. The van der Waals surface area contributed by atoms with Crippen molar-refractivity contribution in [2.75, 3.05) is 29.5 Å². The number of carbonyl (C=O) groups is 2. The first kappa shape index (κ1) is 18.8. The fourth-order valence-corrected chi connectivity index (χ4v) is 3.87. The lowest BCUT2D eigenvalue weighted by Gasteiger charge is -2.22. The minimum atomic E-state index is -0.253. The van der Waals surface area contributed by atoms with E-state index in [1.807, 2.05) is 23.0 Å². The van der Waals surface area contributed by atoms with Gasteiger partial charge in [-0.2, -0.15) is 5.10 Å². The second-order valence-corrected chi connectivity index (χ2v) is 7.20. The zero-order valence-corrected chi connectivity index (χ0v) is 15.7. The Balaban J connectivity index is 0.00000196. The van der Waals surface area contributed by atoms with Crippen LogP contribution in [-0.4, -0.2) is 40.4 Å². The second-order valence-electron chi connectivity index (χ2n) is 6.18. The Morgan fingerprint density at radius 3 is 3.04 bits per heavy atom. The molecular formula is C17H20ClN5O2S. The third-order valence-corrected chi connectivity index (χ3v) is 5.43. The average Bonchev–Trinajstić information content (AvgIpc) is 3.12. The number of rotatable bonds is 3. The van der Waals surface area contributed by atoms with Crippen LogP contribution >= 0.6 is 24.2 Å². The summed E-state index contributed by atoms with van der Waals surface area (Å²) < 4.78 is 1.87. The first-order valence-corrected chi connectivity index (χ1v) is 9.31. The molecule has 1 aromatic heterocycles. The highest BCUT2D eigenvalue weighted by Crippen LogP contribution is 2.33. The molecule has 0 aliphatic carbocycles. The first-order valence-electron chi connectivity index (χ1n) is 8.33. The van der Waals surface area contributed by atoms with Crippen molar-refractivity contribution in [1.29, 1.82) is 0 Å². The Morgan fingerprint density at radius 2 is 2.23 bits per heavy atom. The van der Waals surface area contributed by atoms with Gasteiger partial charge in [0.2, 0.25) is 5.91 Å². The number of aromatic nitrogens is 2. The third kappa shape index (κ3) is 4.03. The van der Waals surface area contributed by atoms with Gasteiger partial charge in [0.1, 0.15) is 0 Å². The summed E-state index contributed by atoms with van der Waals surface area (Å²) in [7, 11) is 0. The van der Waals surface area contributed by atoms with Crippen LogP contribution in [0.5, 0.6) is 0 Å². The highest BCUT2D eigenvalue weighted by atomic mass is 35.5. The number of hydrogen-bond donors (Lipinski definition) is 3. The van der Waals surface area contributed by atoms with Crippen LogP contribution in [0.3, 0.4) is 0 Å². The highest BCUT2D eigenvalue weighted by molar-refractivity contribution is 8.00. The van der Waals surface area contributed by atoms with Gasteiger partial charge in [-0.25, -0.2) is 0 Å². The highest BCUT2D eigenvalue weighted by Gasteiger charge is 2.19. The molecule has 0 saturated carbocycles. The van der Waals surface area contributed by atoms with E-state index in [2.05, 4.69) is 21.0 Å². The lowest BCUT2D eigenvalue weighted by molar-refractivity contribution is -0.113. The molecule has 3 N–H and O–H groups in total. The molecule has 1 fully saturated rings. The second kappa shape index (κ2) is 8.11. The first-order chi connectivity index (χ1) is 12.2. The van der Waals surface area contributed by atoms with Gasteiger partial charge in [0.25, 0.3) is 5.91 Å². The molecule has 138 valence electrons. The van der Waals surface area contributed by atoms with Gasteiger partial charge in [-0.15, -0.1) is 24.2 Å². The molecule has 7 nitrogen and oxygen atoms in total. The SMILES string of the molecule is Cl.O=C1CSc2ccc(NC(=O)c3ccn(C4CCCNC4)n3)cc2N1. The van der Waals surface area contributed by atoms with Crippen molar-refractivity contribution in [2.24, 2.45) is 0 Å². The molecule has 2 aliphatic heterocycles. The van der Waals surface area contributed by atoms with Crippen LogP contribution in [0.25, 0.3) is 0 Å². The molecule has 2 amide bonds. The molecule has 4 rings (SSSR count). The van der Waals surface area contributed by atoms with Crippen molar-refractivity contribution in [3.63, 3.8) is 0 Å². The maximum absolute atomic E-state index is 12.4. The van der Waals surface area contributed by atoms with Gasteiger partial charge >= 0.3 is 0 Å². The van der Waals surface area contributed by atoms with E-state index < -0.39 is 0 Å². The lowest BCUT2D eigenvalue weighted by Crippen LogP contribution is -2.32. The van der Waals surface area contributed by atoms with E-state index >= 15 is 0 Å². The molecule has 1 aromatic carbocycles. The number of nitrogens with zero attached hydrogens (tertiary/aromatic N) is 2. The molecule has 3 heterocycles. The lowest BCUT2D eigenvalue weighted by atomic mass is 10.1. The Bertz CT molecular complexity index is 819. The van der Waals surface area contributed by atoms with Crippen LogP contribution in [-0.2, 0) is 4.79 Å². The van der Waals surface area contributed by atoms with Crippen molar-refractivity contribution in [3.8, 4) is 0 Å². The molecule has 0 radical (unpaired) electrons. The molecule has 26 heavy (non-hydrogen) atoms. The van der Waals surface area contributed by atoms with Crippen molar-refractivity contribution < 1.29 is 9.59 Å². The van der Waals surface area contributed by atoms with Crippen LogP contribution in [0.2, 0.25) is 0 Å². The van der Waals surface area contributed by atoms with Gasteiger partial charge in [-0.3, -0.25) is 14.3 Å². The normalized spacial score (nSPS) is 19.1. The summed E-state index contributed by atoms with van der Waals surface area (Å²) in [5.41, 5.74) is 1.76. The molecule has 2 aliphatic rings. The molecule has 0 bridgehead atoms. The fraction of sp³-hybridized carbons (Fsp3) is 0.353. The molecule has 1 unspecified atom stereocenters. The Hall–Kier alpha value is -2.03. The van der Waals surface area contributed by atoms with Crippen LogP contribution < -0.4 is 16.0 Å². The van der Waals surface area contributed by atoms with Gasteiger partial charge in [-0.1, -0.05) is 0 Å². The van der Waals surface area contributed by atoms with Crippen LogP contribution in [0.1, 0.15) is 29.4 Å².